The van der Waals surface area contributed by atoms with E-state index in [9.17, 15) is 0 Å². The minimum Gasteiger partial charge on any atom is -1.00 e. The summed E-state index contributed by atoms with van der Waals surface area (Å²) in [6, 6.07) is 40.2. The van der Waals surface area contributed by atoms with Crippen molar-refractivity contribution in [2.45, 2.75) is 13.1 Å². The first-order valence-corrected chi connectivity index (χ1v) is 16.7. The summed E-state index contributed by atoms with van der Waals surface area (Å²) >= 11 is 1.74. The molecule has 5 heteroatoms. The summed E-state index contributed by atoms with van der Waals surface area (Å²) in [5.74, 6) is 0. The molecular weight excluding hydrogens is 541 g/mol. The number of rotatable bonds is 1. The van der Waals surface area contributed by atoms with Gasteiger partial charge in [-0.1, -0.05) is 70.8 Å². The second kappa shape index (κ2) is 13.1. The molecule has 0 amide bonds. The van der Waals surface area contributed by atoms with Crippen LogP contribution in [0.25, 0.3) is 38.3 Å². The van der Waals surface area contributed by atoms with Crippen molar-refractivity contribution in [2.24, 2.45) is 0 Å². The second-order valence-corrected chi connectivity index (χ2v) is 17.0. The van der Waals surface area contributed by atoms with Crippen LogP contribution in [0.5, 0.6) is 0 Å². The summed E-state index contributed by atoms with van der Waals surface area (Å²) in [5, 5.41) is 5.28. The van der Waals surface area contributed by atoms with Crippen LogP contribution in [0.4, 0.5) is 0 Å². The van der Waals surface area contributed by atoms with Crippen molar-refractivity contribution in [3.63, 3.8) is 0 Å². The third-order valence-electron chi connectivity index (χ3n) is 5.00. The fourth-order valence-electron chi connectivity index (χ4n) is 3.84. The predicted molar refractivity (Wildman–Crippen MR) is 133 cm³/mol. The Morgan fingerprint density at radius 1 is 0.697 bits per heavy atom. The van der Waals surface area contributed by atoms with Crippen molar-refractivity contribution in [3.05, 3.63) is 115 Å². The van der Waals surface area contributed by atoms with Crippen LogP contribution in [0.1, 0.15) is 0 Å². The molecule has 1 aromatic heterocycles. The molecular formula is C28H25Cl2NSiZr-2. The van der Waals surface area contributed by atoms with Crippen LogP contribution < -0.4 is 24.8 Å². The number of benzene rings is 3. The van der Waals surface area contributed by atoms with E-state index in [-0.39, 0.29) is 30.2 Å². The first-order chi connectivity index (χ1) is 15.2. The molecule has 33 heavy (non-hydrogen) atoms. The fourth-order valence-corrected chi connectivity index (χ4v) is 3.84. The number of hydrogen-bond donors (Lipinski definition) is 0. The van der Waals surface area contributed by atoms with E-state index in [4.69, 9.17) is 0 Å². The van der Waals surface area contributed by atoms with Gasteiger partial charge in [0.1, 0.15) is 0 Å². The summed E-state index contributed by atoms with van der Waals surface area (Å²) in [7, 11) is 0. The first-order valence-electron chi connectivity index (χ1n) is 10.5. The molecule has 6 aromatic rings. The monoisotopic (exact) mass is 563 g/mol. The summed E-state index contributed by atoms with van der Waals surface area (Å²) in [4.78, 5) is 0. The van der Waals surface area contributed by atoms with Crippen LogP contribution >= 0.6 is 0 Å². The SMILES string of the molecule is C[Si](C)=[Zr+2].[Cl-].[Cl-].c1cc[cH-]c1.c1ccc(-n2c3ccccc3c3[cH-]c4ccccc4c32)cc1. The Labute approximate surface area is 223 Å². The molecule has 0 saturated heterocycles. The summed E-state index contributed by atoms with van der Waals surface area (Å²) < 4.78 is 2.38. The maximum Gasteiger partial charge on any atom is 0.0378 e. The van der Waals surface area contributed by atoms with E-state index in [1.54, 1.807) is 23.3 Å². The average molecular weight is 566 g/mol. The quantitative estimate of drug-likeness (QED) is 0.212. The fraction of sp³-hybridized carbons (Fsp3) is 0.0714. The van der Waals surface area contributed by atoms with E-state index in [1.165, 1.54) is 38.3 Å². The van der Waals surface area contributed by atoms with Gasteiger partial charge in [-0.25, -0.2) is 12.1 Å². The molecule has 0 aliphatic carbocycles. The molecule has 0 aliphatic heterocycles. The maximum atomic E-state index is 2.38. The Balaban J connectivity index is 0.000000300. The number of halogens is 2. The average Bonchev–Trinajstić information content (AvgIpc) is 3.52. The summed E-state index contributed by atoms with van der Waals surface area (Å²) in [6.45, 7) is 4.62. The Morgan fingerprint density at radius 2 is 1.24 bits per heavy atom. The largest absolute Gasteiger partial charge is 1.00 e. The van der Waals surface area contributed by atoms with E-state index >= 15 is 0 Å². The first kappa shape index (κ1) is 27.3. The molecule has 0 aliphatic rings. The van der Waals surface area contributed by atoms with Crippen LogP contribution in [0, 0.1) is 0 Å². The molecule has 0 saturated carbocycles. The van der Waals surface area contributed by atoms with Crippen LogP contribution in [-0.2, 0) is 23.3 Å². The Hall–Kier alpha value is -1.90. The molecule has 166 valence electrons. The van der Waals surface area contributed by atoms with Crippen molar-refractivity contribution < 1.29 is 48.1 Å². The van der Waals surface area contributed by atoms with Crippen LogP contribution in [-0.4, -0.2) is 10.0 Å². The standard InChI is InChI=1S/C21H14N.C5H5.C2H6Si.2ClH.Zr/c1-2-9-16(10-3-1)22-20-13-7-6-12-18(20)19-14-15-8-4-5-11-17(15)21(19)22;1-2-4-5-3-1;1-3-2;;;/h1-14H;1-5H;1-2H3;2*1H;/q2*-1;;;;+2/p-2. The molecule has 1 nitrogen and oxygen atoms in total. The van der Waals surface area contributed by atoms with E-state index in [2.05, 4.69) is 103 Å². The topological polar surface area (TPSA) is 4.93 Å². The summed E-state index contributed by atoms with van der Waals surface area (Å²) in [5.41, 5.74) is 4.00. The van der Waals surface area contributed by atoms with Gasteiger partial charge < -0.3 is 29.4 Å². The maximum absolute atomic E-state index is 2.38. The second-order valence-electron chi connectivity index (χ2n) is 7.64. The number of aromatic nitrogens is 1. The smallest absolute Gasteiger partial charge is 0.0378 e. The summed E-state index contributed by atoms with van der Waals surface area (Å²) in [6.07, 6.45) is 0. The van der Waals surface area contributed by atoms with Gasteiger partial charge in [-0.05, 0) is 23.7 Å². The zero-order valence-electron chi connectivity index (χ0n) is 18.7. The van der Waals surface area contributed by atoms with Crippen molar-refractivity contribution >= 4 is 38.0 Å². The molecule has 1 heterocycles. The van der Waals surface area contributed by atoms with Crippen molar-refractivity contribution in [2.75, 3.05) is 0 Å². The molecule has 0 atom stereocenters. The minimum atomic E-state index is 0. The Morgan fingerprint density at radius 3 is 1.85 bits per heavy atom. The molecule has 0 unspecified atom stereocenters. The van der Waals surface area contributed by atoms with E-state index in [0.717, 1.165) is 0 Å². The third kappa shape index (κ3) is 6.37. The zero-order chi connectivity index (χ0) is 21.6. The predicted octanol–water partition coefficient (Wildman–Crippen LogP) is 1.85. The van der Waals surface area contributed by atoms with Gasteiger partial charge in [-0.2, -0.15) is 18.2 Å². The van der Waals surface area contributed by atoms with Gasteiger partial charge in [0, 0.05) is 11.2 Å². The van der Waals surface area contributed by atoms with Crippen LogP contribution in [0.2, 0.25) is 13.1 Å². The normalized spacial score (nSPS) is 9.82. The van der Waals surface area contributed by atoms with Gasteiger partial charge in [-0.3, -0.25) is 0 Å². The Kier molecular flexibility index (Phi) is 10.9. The van der Waals surface area contributed by atoms with E-state index in [1.807, 2.05) is 30.3 Å². The number of nitrogens with zero attached hydrogens (tertiary/aromatic N) is 1. The van der Waals surface area contributed by atoms with Crippen LogP contribution in [0.15, 0.2) is 115 Å². The van der Waals surface area contributed by atoms with E-state index in [0.29, 0.717) is 0 Å². The zero-order valence-corrected chi connectivity index (χ0v) is 23.6. The number of para-hydroxylation sites is 2. The van der Waals surface area contributed by atoms with E-state index < -0.39 is 0 Å². The van der Waals surface area contributed by atoms with Crippen LogP contribution in [0.3, 0.4) is 0 Å². The van der Waals surface area contributed by atoms with Gasteiger partial charge in [0.2, 0.25) is 0 Å². The van der Waals surface area contributed by atoms with Crippen molar-refractivity contribution in [1.82, 2.24) is 4.57 Å². The van der Waals surface area contributed by atoms with Crippen molar-refractivity contribution in [1.29, 1.82) is 0 Å². The number of fused-ring (bicyclic) bond motifs is 5. The molecule has 0 bridgehead atoms. The third-order valence-corrected chi connectivity index (χ3v) is 5.00. The van der Waals surface area contributed by atoms with Gasteiger partial charge in [0.05, 0.1) is 0 Å². The van der Waals surface area contributed by atoms with Gasteiger partial charge in [0.15, 0.2) is 0 Å². The molecule has 0 fully saturated rings. The minimum absolute atomic E-state index is 0. The molecule has 0 radical (unpaired) electrons. The number of hydrogen-bond acceptors (Lipinski definition) is 0. The molecule has 0 spiro atoms. The molecule has 0 N–H and O–H groups in total. The Bertz CT molecular complexity index is 1390. The van der Waals surface area contributed by atoms with Gasteiger partial charge in [-0.15, -0.1) is 17.5 Å². The van der Waals surface area contributed by atoms with Crippen molar-refractivity contribution in [3.8, 4) is 5.69 Å². The van der Waals surface area contributed by atoms with Gasteiger partial charge in [0.25, 0.3) is 0 Å². The van der Waals surface area contributed by atoms with Gasteiger partial charge >= 0.3 is 41.9 Å². The molecule has 5 aromatic carbocycles. The molecule has 6 rings (SSSR count).